The topological polar surface area (TPSA) is 97.9 Å². The molecular weight excluding hydrogens is 484 g/mol. The molecule has 38 heavy (non-hydrogen) atoms. The first kappa shape index (κ1) is 27.2. The molecule has 3 atom stereocenters. The molecule has 1 saturated heterocycles. The Morgan fingerprint density at radius 3 is 2.61 bits per heavy atom. The number of carbonyl (C=O) groups excluding carboxylic acids is 3. The first-order valence-electron chi connectivity index (χ1n) is 13.1. The van der Waals surface area contributed by atoms with Crippen LogP contribution in [0.3, 0.4) is 0 Å². The van der Waals surface area contributed by atoms with Gasteiger partial charge in [0, 0.05) is 49.1 Å². The highest BCUT2D eigenvalue weighted by Gasteiger charge is 2.36. The summed E-state index contributed by atoms with van der Waals surface area (Å²) in [5, 5.41) is 0.994. The average Bonchev–Trinajstić information content (AvgIpc) is 3.34. The molecule has 3 unspecified atom stereocenters. The van der Waals surface area contributed by atoms with E-state index in [0.29, 0.717) is 24.3 Å². The molecule has 8 heteroatoms. The number of hydrogen-bond acceptors (Lipinski definition) is 6. The summed E-state index contributed by atoms with van der Waals surface area (Å²) >= 11 is 0. The predicted molar refractivity (Wildman–Crippen MR) is 144 cm³/mol. The van der Waals surface area contributed by atoms with Crippen molar-refractivity contribution in [1.29, 1.82) is 0 Å². The summed E-state index contributed by atoms with van der Waals surface area (Å²) in [6, 6.07) is 11.3. The number of piperidine rings is 1. The van der Waals surface area contributed by atoms with Gasteiger partial charge in [0.25, 0.3) is 0 Å². The van der Waals surface area contributed by atoms with Crippen molar-refractivity contribution in [3.8, 4) is 5.75 Å². The van der Waals surface area contributed by atoms with E-state index in [0.717, 1.165) is 46.9 Å². The van der Waals surface area contributed by atoms with E-state index >= 15 is 0 Å². The van der Waals surface area contributed by atoms with Gasteiger partial charge >= 0.3 is 11.9 Å². The molecule has 0 spiro atoms. The Morgan fingerprint density at radius 1 is 1.13 bits per heavy atom. The van der Waals surface area contributed by atoms with Crippen LogP contribution in [0.2, 0.25) is 0 Å². The van der Waals surface area contributed by atoms with Gasteiger partial charge in [0.1, 0.15) is 11.9 Å². The lowest BCUT2D eigenvalue weighted by Gasteiger charge is -2.34. The van der Waals surface area contributed by atoms with Gasteiger partial charge in [0.05, 0.1) is 25.7 Å². The van der Waals surface area contributed by atoms with Crippen LogP contribution in [0.5, 0.6) is 5.75 Å². The number of H-pyrrole nitrogens is 1. The van der Waals surface area contributed by atoms with Crippen LogP contribution in [-0.4, -0.2) is 55.5 Å². The molecule has 1 aromatic heterocycles. The highest BCUT2D eigenvalue weighted by Crippen LogP contribution is 2.41. The zero-order valence-electron chi connectivity index (χ0n) is 22.7. The number of aromatic nitrogens is 1. The van der Waals surface area contributed by atoms with E-state index in [4.69, 9.17) is 14.2 Å². The maximum atomic E-state index is 13.0. The largest absolute Gasteiger partial charge is 0.496 e. The zero-order valence-corrected chi connectivity index (χ0v) is 22.7. The lowest BCUT2D eigenvalue weighted by Crippen LogP contribution is -2.41. The number of nitrogens with one attached hydrogen (secondary N) is 1. The van der Waals surface area contributed by atoms with Crippen LogP contribution in [0.25, 0.3) is 10.9 Å². The molecule has 0 saturated carbocycles. The second-order valence-electron chi connectivity index (χ2n) is 9.88. The Kier molecular flexibility index (Phi) is 8.39. The number of carbonyl (C=O) groups is 3. The van der Waals surface area contributed by atoms with Crippen LogP contribution in [0, 0.1) is 5.92 Å². The summed E-state index contributed by atoms with van der Waals surface area (Å²) in [5.41, 5.74) is 4.21. The highest BCUT2D eigenvalue weighted by atomic mass is 16.5. The van der Waals surface area contributed by atoms with Crippen molar-refractivity contribution >= 4 is 28.7 Å². The fourth-order valence-corrected chi connectivity index (χ4v) is 5.54. The fraction of sp³-hybridized carbons (Fsp3) is 0.433. The number of methoxy groups -OCH3 is 2. The molecule has 202 valence electrons. The molecule has 2 heterocycles. The standard InChI is InChI=1S/C30H36N2O6/c1-6-8-21(22-12-10-20(30(35)37-5)16-27(22)36-4)25-17-31-26-13-11-19(15-24(25)26)28(38-18(2)33)23-9-7-14-32(3)29(23)34/h10-13,15-17,21,23,28,31H,6-9,14H2,1-5H3. The molecule has 1 aliphatic rings. The second kappa shape index (κ2) is 11.7. The number of hydrogen-bond donors (Lipinski definition) is 1. The van der Waals surface area contributed by atoms with Gasteiger partial charge in [0.2, 0.25) is 5.91 Å². The van der Waals surface area contributed by atoms with E-state index < -0.39 is 24.0 Å². The number of esters is 2. The van der Waals surface area contributed by atoms with Crippen LogP contribution in [0.15, 0.2) is 42.6 Å². The van der Waals surface area contributed by atoms with Crippen LogP contribution < -0.4 is 4.74 Å². The molecule has 0 aliphatic carbocycles. The predicted octanol–water partition coefficient (Wildman–Crippen LogP) is 5.37. The summed E-state index contributed by atoms with van der Waals surface area (Å²) in [6.07, 6.45) is 4.66. The minimum atomic E-state index is -0.659. The highest BCUT2D eigenvalue weighted by molar-refractivity contribution is 5.90. The van der Waals surface area contributed by atoms with Crippen molar-refractivity contribution in [1.82, 2.24) is 9.88 Å². The van der Waals surface area contributed by atoms with Crippen LogP contribution in [0.1, 0.15) is 78.6 Å². The van der Waals surface area contributed by atoms with Crippen LogP contribution >= 0.6 is 0 Å². The Hall–Kier alpha value is -3.81. The van der Waals surface area contributed by atoms with E-state index in [9.17, 15) is 14.4 Å². The number of ether oxygens (including phenoxy) is 3. The third-order valence-corrected chi connectivity index (χ3v) is 7.41. The average molecular weight is 521 g/mol. The summed E-state index contributed by atoms with van der Waals surface area (Å²) in [7, 11) is 4.74. The molecule has 1 aliphatic heterocycles. The molecule has 1 N–H and O–H groups in total. The number of fused-ring (bicyclic) bond motifs is 1. The molecule has 0 bridgehead atoms. The third-order valence-electron chi connectivity index (χ3n) is 7.41. The number of rotatable bonds is 9. The number of nitrogens with zero attached hydrogens (tertiary/aromatic N) is 1. The number of likely N-dealkylation sites (tertiary alicyclic amines) is 1. The van der Waals surface area contributed by atoms with Gasteiger partial charge in [-0.1, -0.05) is 25.5 Å². The molecule has 1 fully saturated rings. The molecular formula is C30H36N2O6. The summed E-state index contributed by atoms with van der Waals surface area (Å²) in [5.74, 6) is -0.653. The molecule has 0 radical (unpaired) electrons. The molecule has 8 nitrogen and oxygen atoms in total. The van der Waals surface area contributed by atoms with E-state index in [-0.39, 0.29) is 11.8 Å². The van der Waals surface area contributed by atoms with Crippen molar-refractivity contribution in [3.05, 3.63) is 64.8 Å². The number of aromatic amines is 1. The summed E-state index contributed by atoms with van der Waals surface area (Å²) < 4.78 is 16.4. The maximum Gasteiger partial charge on any atom is 0.337 e. The Labute approximate surface area is 223 Å². The number of benzene rings is 2. The molecule has 3 aromatic rings. The van der Waals surface area contributed by atoms with Crippen molar-refractivity contribution in [2.24, 2.45) is 5.92 Å². The quantitative estimate of drug-likeness (QED) is 0.381. The first-order valence-corrected chi connectivity index (χ1v) is 13.1. The molecule has 4 rings (SSSR count). The Bertz CT molecular complexity index is 1330. The zero-order chi connectivity index (χ0) is 27.4. The SMILES string of the molecule is CCCC(c1ccc(C(=O)OC)cc1OC)c1c[nH]c2ccc(C(OC(C)=O)C3CCCN(C)C3=O)cc12. The maximum absolute atomic E-state index is 13.0. The summed E-state index contributed by atoms with van der Waals surface area (Å²) in [6.45, 7) is 4.22. The van der Waals surface area contributed by atoms with E-state index in [1.165, 1.54) is 14.0 Å². The van der Waals surface area contributed by atoms with E-state index in [1.807, 2.05) is 30.5 Å². The van der Waals surface area contributed by atoms with Gasteiger partial charge in [-0.25, -0.2) is 4.79 Å². The normalized spacial score (nSPS) is 17.2. The fourth-order valence-electron chi connectivity index (χ4n) is 5.54. The molecule has 2 aromatic carbocycles. The lowest BCUT2D eigenvalue weighted by molar-refractivity contribution is -0.156. The minimum Gasteiger partial charge on any atom is -0.496 e. The van der Waals surface area contributed by atoms with Gasteiger partial charge < -0.3 is 24.1 Å². The van der Waals surface area contributed by atoms with Crippen molar-refractivity contribution in [2.45, 2.75) is 51.6 Å². The summed E-state index contributed by atoms with van der Waals surface area (Å²) in [4.78, 5) is 42.3. The van der Waals surface area contributed by atoms with E-state index in [1.54, 1.807) is 31.2 Å². The van der Waals surface area contributed by atoms with Crippen molar-refractivity contribution < 1.29 is 28.6 Å². The van der Waals surface area contributed by atoms with Gasteiger partial charge in [-0.3, -0.25) is 9.59 Å². The van der Waals surface area contributed by atoms with Gasteiger partial charge in [-0.05, 0) is 54.7 Å². The van der Waals surface area contributed by atoms with Gasteiger partial charge in [-0.2, -0.15) is 0 Å². The smallest absolute Gasteiger partial charge is 0.337 e. The monoisotopic (exact) mass is 520 g/mol. The van der Waals surface area contributed by atoms with E-state index in [2.05, 4.69) is 11.9 Å². The Morgan fingerprint density at radius 2 is 1.92 bits per heavy atom. The third kappa shape index (κ3) is 5.39. The second-order valence-corrected chi connectivity index (χ2v) is 9.88. The van der Waals surface area contributed by atoms with Crippen LogP contribution in [-0.2, 0) is 19.1 Å². The minimum absolute atomic E-state index is 0.00354. The first-order chi connectivity index (χ1) is 18.3. The lowest BCUT2D eigenvalue weighted by atomic mass is 9.84. The van der Waals surface area contributed by atoms with Gasteiger partial charge in [-0.15, -0.1) is 0 Å². The Balaban J connectivity index is 1.80. The van der Waals surface area contributed by atoms with Gasteiger partial charge in [0.15, 0.2) is 0 Å². The van der Waals surface area contributed by atoms with Crippen molar-refractivity contribution in [2.75, 3.05) is 27.8 Å². The van der Waals surface area contributed by atoms with Crippen molar-refractivity contribution in [3.63, 3.8) is 0 Å². The number of amides is 1. The van der Waals surface area contributed by atoms with Crippen LogP contribution in [0.4, 0.5) is 0 Å². The molecule has 1 amide bonds.